The van der Waals surface area contributed by atoms with Gasteiger partial charge in [0.05, 0.1) is 17.2 Å². The van der Waals surface area contributed by atoms with Gasteiger partial charge in [-0.1, -0.05) is 13.8 Å². The van der Waals surface area contributed by atoms with Crippen LogP contribution in [0.5, 0.6) is 0 Å². The third kappa shape index (κ3) is 2.86. The lowest BCUT2D eigenvalue weighted by Crippen LogP contribution is -2.22. The maximum absolute atomic E-state index is 13.5. The average molecular weight is 399 g/mol. The quantitative estimate of drug-likeness (QED) is 0.507. The van der Waals surface area contributed by atoms with Crippen LogP contribution in [0.4, 0.5) is 4.39 Å². The molecule has 0 saturated carbocycles. The SMILES string of the molecule is Cc1c(C(C)C)n(-c2ccc(F)cc2)c2cc3cnn(S(=O)N(C)C)c3cc12. The van der Waals surface area contributed by atoms with Gasteiger partial charge in [-0.2, -0.15) is 9.19 Å². The van der Waals surface area contributed by atoms with Crippen molar-refractivity contribution in [3.63, 3.8) is 0 Å². The summed E-state index contributed by atoms with van der Waals surface area (Å²) in [7, 11) is 3.52. The Kier molecular flexibility index (Phi) is 4.59. The molecule has 0 bridgehead atoms. The highest BCUT2D eigenvalue weighted by molar-refractivity contribution is 7.81. The van der Waals surface area contributed by atoms with Crippen LogP contribution in [-0.4, -0.2) is 36.4 Å². The van der Waals surface area contributed by atoms with E-state index in [1.54, 1.807) is 40.8 Å². The summed E-state index contributed by atoms with van der Waals surface area (Å²) in [6.07, 6.45) is 1.74. The van der Waals surface area contributed by atoms with E-state index in [0.717, 1.165) is 27.5 Å². The zero-order valence-electron chi connectivity index (χ0n) is 16.6. The van der Waals surface area contributed by atoms with Crippen LogP contribution in [0.2, 0.25) is 0 Å². The van der Waals surface area contributed by atoms with Crippen molar-refractivity contribution in [1.82, 2.24) is 18.1 Å². The molecule has 0 aliphatic rings. The zero-order valence-corrected chi connectivity index (χ0v) is 17.4. The van der Waals surface area contributed by atoms with Crippen molar-refractivity contribution >= 4 is 33.0 Å². The number of aromatic nitrogens is 3. The van der Waals surface area contributed by atoms with Gasteiger partial charge >= 0.3 is 0 Å². The van der Waals surface area contributed by atoms with Gasteiger partial charge in [0.2, 0.25) is 11.2 Å². The largest absolute Gasteiger partial charge is 0.313 e. The van der Waals surface area contributed by atoms with E-state index < -0.39 is 11.2 Å². The van der Waals surface area contributed by atoms with E-state index in [2.05, 4.69) is 42.6 Å². The van der Waals surface area contributed by atoms with Crippen molar-refractivity contribution < 1.29 is 8.60 Å². The highest BCUT2D eigenvalue weighted by Gasteiger charge is 2.20. The molecule has 0 fully saturated rings. The summed E-state index contributed by atoms with van der Waals surface area (Å²) in [5.74, 6) is 0.0332. The normalized spacial score (nSPS) is 13.3. The number of rotatable bonds is 4. The zero-order chi connectivity index (χ0) is 20.2. The number of hydrogen-bond acceptors (Lipinski definition) is 2. The molecule has 146 valence electrons. The Labute approximate surface area is 166 Å². The topological polar surface area (TPSA) is 43.1 Å². The minimum absolute atomic E-state index is 0.252. The van der Waals surface area contributed by atoms with Gasteiger partial charge in [-0.05, 0) is 54.8 Å². The summed E-state index contributed by atoms with van der Waals surface area (Å²) >= 11 is -1.38. The first kappa shape index (κ1) is 18.8. The fraction of sp³-hybridized carbons (Fsp3) is 0.286. The lowest BCUT2D eigenvalue weighted by molar-refractivity contribution is 0.589. The average Bonchev–Trinajstić information content (AvgIpc) is 3.19. The molecule has 2 heterocycles. The molecular weight excluding hydrogens is 375 g/mol. The van der Waals surface area contributed by atoms with Crippen LogP contribution in [0.3, 0.4) is 0 Å². The summed E-state index contributed by atoms with van der Waals surface area (Å²) in [5, 5.41) is 6.33. The van der Waals surface area contributed by atoms with Crippen molar-refractivity contribution in [3.8, 4) is 5.69 Å². The third-order valence-electron chi connectivity index (χ3n) is 5.01. The van der Waals surface area contributed by atoms with Crippen LogP contribution in [0, 0.1) is 12.7 Å². The minimum Gasteiger partial charge on any atom is -0.313 e. The van der Waals surface area contributed by atoms with Gasteiger partial charge < -0.3 is 4.57 Å². The van der Waals surface area contributed by atoms with Crippen LogP contribution in [0.15, 0.2) is 42.6 Å². The molecule has 1 unspecified atom stereocenters. The fourth-order valence-corrected chi connectivity index (χ4v) is 4.56. The first-order valence-electron chi connectivity index (χ1n) is 9.18. The molecule has 4 rings (SSSR count). The van der Waals surface area contributed by atoms with Crippen molar-refractivity contribution in [1.29, 1.82) is 0 Å². The van der Waals surface area contributed by atoms with Gasteiger partial charge in [-0.15, -0.1) is 0 Å². The summed E-state index contributed by atoms with van der Waals surface area (Å²) in [6.45, 7) is 6.42. The van der Waals surface area contributed by atoms with Crippen molar-refractivity contribution in [3.05, 3.63) is 59.7 Å². The molecule has 28 heavy (non-hydrogen) atoms. The molecule has 1 atom stereocenters. The third-order valence-corrected chi connectivity index (χ3v) is 6.23. The first-order valence-corrected chi connectivity index (χ1v) is 10.2. The molecule has 0 aliphatic carbocycles. The van der Waals surface area contributed by atoms with E-state index in [4.69, 9.17) is 0 Å². The maximum atomic E-state index is 13.5. The highest BCUT2D eigenvalue weighted by atomic mass is 32.2. The summed E-state index contributed by atoms with van der Waals surface area (Å²) in [4.78, 5) is 0. The summed E-state index contributed by atoms with van der Waals surface area (Å²) < 4.78 is 31.4. The van der Waals surface area contributed by atoms with Crippen molar-refractivity contribution in [2.24, 2.45) is 0 Å². The van der Waals surface area contributed by atoms with Crippen LogP contribution in [0.25, 0.3) is 27.5 Å². The number of benzene rings is 2. The maximum Gasteiger partial charge on any atom is 0.219 e. The molecule has 0 aliphatic heterocycles. The number of halogens is 1. The van der Waals surface area contributed by atoms with Gasteiger partial charge in [0.25, 0.3) is 0 Å². The van der Waals surface area contributed by atoms with Gasteiger partial charge in [-0.25, -0.2) is 12.9 Å². The lowest BCUT2D eigenvalue weighted by Gasteiger charge is -2.14. The Morgan fingerprint density at radius 2 is 1.79 bits per heavy atom. The van der Waals surface area contributed by atoms with Crippen molar-refractivity contribution in [2.75, 3.05) is 14.1 Å². The second kappa shape index (κ2) is 6.83. The molecular formula is C21H23FN4OS. The van der Waals surface area contributed by atoms with E-state index in [-0.39, 0.29) is 11.7 Å². The van der Waals surface area contributed by atoms with Gasteiger partial charge in [0.15, 0.2) is 0 Å². The Morgan fingerprint density at radius 1 is 1.11 bits per heavy atom. The molecule has 0 amide bonds. The van der Waals surface area contributed by atoms with E-state index in [1.165, 1.54) is 23.4 Å². The van der Waals surface area contributed by atoms with Crippen molar-refractivity contribution in [2.45, 2.75) is 26.7 Å². The highest BCUT2D eigenvalue weighted by Crippen LogP contribution is 2.36. The van der Waals surface area contributed by atoms with Gasteiger partial charge in [0.1, 0.15) is 5.82 Å². The number of hydrogen-bond donors (Lipinski definition) is 0. The monoisotopic (exact) mass is 398 g/mol. The standard InChI is InChI=1S/C21H23FN4OS/c1-13(2)21-14(3)18-11-19-15(12-23-26(19)28(27)24(4)5)10-20(18)25(21)17-8-6-16(22)7-9-17/h6-13H,1-5H3. The van der Waals surface area contributed by atoms with Gasteiger partial charge in [-0.3, -0.25) is 0 Å². The Balaban J connectivity index is 2.06. The number of fused-ring (bicyclic) bond motifs is 2. The van der Waals surface area contributed by atoms with Crippen LogP contribution in [0.1, 0.15) is 31.0 Å². The fourth-order valence-electron chi connectivity index (χ4n) is 3.80. The molecule has 0 spiro atoms. The van der Waals surface area contributed by atoms with Crippen LogP contribution in [-0.2, 0) is 11.2 Å². The molecule has 5 nitrogen and oxygen atoms in total. The molecule has 0 N–H and O–H groups in total. The number of nitrogens with zero attached hydrogens (tertiary/aromatic N) is 4. The second-order valence-electron chi connectivity index (χ2n) is 7.47. The number of aryl methyl sites for hydroxylation is 1. The lowest BCUT2D eigenvalue weighted by atomic mass is 10.0. The molecule has 4 aromatic rings. The second-order valence-corrected chi connectivity index (χ2v) is 9.00. The molecule has 7 heteroatoms. The van der Waals surface area contributed by atoms with E-state index in [0.29, 0.717) is 0 Å². The summed E-state index contributed by atoms with van der Waals surface area (Å²) in [6, 6.07) is 10.7. The van der Waals surface area contributed by atoms with E-state index in [1.807, 2.05) is 0 Å². The summed E-state index contributed by atoms with van der Waals surface area (Å²) in [5.41, 5.74) is 5.14. The van der Waals surface area contributed by atoms with Crippen LogP contribution < -0.4 is 0 Å². The van der Waals surface area contributed by atoms with Crippen LogP contribution >= 0.6 is 0 Å². The minimum atomic E-state index is -1.38. The molecule has 0 saturated heterocycles. The van der Waals surface area contributed by atoms with E-state index in [9.17, 15) is 8.60 Å². The molecule has 2 aromatic heterocycles. The molecule has 2 aromatic carbocycles. The molecule has 0 radical (unpaired) electrons. The Hall–Kier alpha value is -2.51. The predicted octanol–water partition coefficient (Wildman–Crippen LogP) is 4.54. The smallest absolute Gasteiger partial charge is 0.219 e. The Morgan fingerprint density at radius 3 is 2.39 bits per heavy atom. The first-order chi connectivity index (χ1) is 13.3. The Bertz CT molecular complexity index is 1210. The van der Waals surface area contributed by atoms with E-state index >= 15 is 0 Å². The predicted molar refractivity (Wildman–Crippen MR) is 113 cm³/mol. The van der Waals surface area contributed by atoms with Gasteiger partial charge in [0, 0.05) is 36.2 Å².